The highest BCUT2D eigenvalue weighted by Gasteiger charge is 2.44. The number of para-hydroxylation sites is 1. The van der Waals surface area contributed by atoms with Crippen molar-refractivity contribution in [3.8, 4) is 5.75 Å². The fourth-order valence-corrected chi connectivity index (χ4v) is 6.20. The monoisotopic (exact) mass is 583 g/mol. The van der Waals surface area contributed by atoms with Crippen LogP contribution in [0.15, 0.2) is 48.7 Å². The Bertz CT molecular complexity index is 1570. The van der Waals surface area contributed by atoms with Gasteiger partial charge in [0.2, 0.25) is 21.8 Å². The molecule has 2 aliphatic heterocycles. The molecule has 41 heavy (non-hydrogen) atoms. The Morgan fingerprint density at radius 1 is 1.22 bits per heavy atom. The number of anilines is 1. The number of aliphatic hydroxyl groups excluding tert-OH is 1. The number of benzene rings is 2. The molecule has 2 amide bonds. The van der Waals surface area contributed by atoms with Crippen LogP contribution in [0.5, 0.6) is 5.75 Å². The zero-order chi connectivity index (χ0) is 29.6. The zero-order valence-electron chi connectivity index (χ0n) is 23.4. The number of likely N-dealkylation sites (tertiary alicyclic amines) is 1. The lowest BCUT2D eigenvalue weighted by Crippen LogP contribution is -2.59. The van der Waals surface area contributed by atoms with Crippen molar-refractivity contribution in [3.63, 3.8) is 0 Å². The highest BCUT2D eigenvalue weighted by atomic mass is 32.2. The molecule has 1 fully saturated rings. The number of fused-ring (bicyclic) bond motifs is 2. The van der Waals surface area contributed by atoms with Crippen molar-refractivity contribution in [2.24, 2.45) is 5.73 Å². The second-order valence-corrected chi connectivity index (χ2v) is 13.5. The van der Waals surface area contributed by atoms with Crippen LogP contribution in [-0.4, -0.2) is 71.7 Å². The molecule has 2 aliphatic rings. The number of hydrogen-bond donors (Lipinski definition) is 5. The maximum Gasteiger partial charge on any atom is 0.245 e. The van der Waals surface area contributed by atoms with Gasteiger partial charge in [-0.05, 0) is 43.7 Å². The van der Waals surface area contributed by atoms with Crippen LogP contribution in [0, 0.1) is 0 Å². The number of amides is 2. The molecule has 5 rings (SSSR count). The third kappa shape index (κ3) is 6.34. The minimum atomic E-state index is -3.46. The first kappa shape index (κ1) is 28.9. The van der Waals surface area contributed by atoms with Crippen molar-refractivity contribution in [2.45, 2.75) is 62.8 Å². The first-order valence-electron chi connectivity index (χ1n) is 13.7. The van der Waals surface area contributed by atoms with E-state index in [1.165, 1.54) is 0 Å². The van der Waals surface area contributed by atoms with E-state index in [0.29, 0.717) is 55.8 Å². The van der Waals surface area contributed by atoms with Gasteiger partial charge in [0, 0.05) is 67.1 Å². The average molecular weight is 584 g/mol. The summed E-state index contributed by atoms with van der Waals surface area (Å²) in [5.74, 6) is -0.113. The molecule has 6 N–H and O–H groups in total. The van der Waals surface area contributed by atoms with Gasteiger partial charge in [-0.1, -0.05) is 18.2 Å². The Kier molecular flexibility index (Phi) is 7.51. The molecule has 2 aromatic carbocycles. The normalized spacial score (nSPS) is 19.3. The van der Waals surface area contributed by atoms with Gasteiger partial charge in [-0.2, -0.15) is 0 Å². The minimum absolute atomic E-state index is 0.198. The van der Waals surface area contributed by atoms with Crippen LogP contribution in [0.25, 0.3) is 10.9 Å². The number of nitrogens with zero attached hydrogens (tertiary/aromatic N) is 1. The van der Waals surface area contributed by atoms with E-state index >= 15 is 0 Å². The number of ether oxygens (including phenoxy) is 1. The Labute approximate surface area is 239 Å². The molecule has 1 aromatic heterocycles. The fraction of sp³-hybridized carbons (Fsp3) is 0.448. The Morgan fingerprint density at radius 2 is 1.93 bits per heavy atom. The van der Waals surface area contributed by atoms with E-state index < -0.39 is 39.2 Å². The molecule has 1 saturated heterocycles. The molecule has 0 unspecified atom stereocenters. The van der Waals surface area contributed by atoms with E-state index in [4.69, 9.17) is 10.5 Å². The van der Waals surface area contributed by atoms with Crippen LogP contribution in [0.3, 0.4) is 0 Å². The molecule has 3 aromatic rings. The fourth-order valence-electron chi connectivity index (χ4n) is 5.64. The molecular weight excluding hydrogens is 546 g/mol. The number of rotatable bonds is 7. The lowest BCUT2D eigenvalue weighted by molar-refractivity contribution is -0.141. The summed E-state index contributed by atoms with van der Waals surface area (Å²) in [7, 11) is -3.46. The summed E-state index contributed by atoms with van der Waals surface area (Å²) >= 11 is 0. The number of aliphatic hydroxyl groups is 1. The van der Waals surface area contributed by atoms with Crippen LogP contribution < -0.4 is 20.5 Å². The number of piperidine rings is 1. The van der Waals surface area contributed by atoms with Crippen LogP contribution in [-0.2, 0) is 26.0 Å². The number of nitrogens with one attached hydrogen (secondary N) is 3. The number of carbonyl (C=O) groups is 2. The standard InChI is InChI=1S/C29H37N5O6S/c1-28(2,30)27(37)32-23(14-18-17-31-22-7-5-4-6-20(18)22)26(36)34-12-10-29(11-13-34)16-24(35)21-15-19(33-41(3,38)39)8-9-25(21)40-29/h4-9,15,17,23-24,31,33,35H,10-14,16,30H2,1-3H3,(H,32,37)/t23-,24+/m1/s1. The predicted octanol–water partition coefficient (Wildman–Crippen LogP) is 2.18. The zero-order valence-corrected chi connectivity index (χ0v) is 24.3. The van der Waals surface area contributed by atoms with Crippen LogP contribution >= 0.6 is 0 Å². The van der Waals surface area contributed by atoms with Crippen molar-refractivity contribution in [1.29, 1.82) is 0 Å². The van der Waals surface area contributed by atoms with E-state index in [-0.39, 0.29) is 5.91 Å². The number of sulfonamides is 1. The molecule has 12 heteroatoms. The van der Waals surface area contributed by atoms with Gasteiger partial charge in [0.15, 0.2) is 0 Å². The van der Waals surface area contributed by atoms with Crippen molar-refractivity contribution in [2.75, 3.05) is 24.1 Å². The largest absolute Gasteiger partial charge is 0.487 e. The topological polar surface area (TPSA) is 167 Å². The van der Waals surface area contributed by atoms with Crippen molar-refractivity contribution < 1.29 is 27.9 Å². The molecule has 3 heterocycles. The van der Waals surface area contributed by atoms with Gasteiger partial charge in [-0.15, -0.1) is 0 Å². The highest BCUT2D eigenvalue weighted by Crippen LogP contribution is 2.45. The number of carbonyl (C=O) groups excluding carboxylic acids is 2. The molecule has 11 nitrogen and oxygen atoms in total. The van der Waals surface area contributed by atoms with E-state index in [2.05, 4.69) is 15.0 Å². The second-order valence-electron chi connectivity index (χ2n) is 11.8. The molecule has 2 atom stereocenters. The van der Waals surface area contributed by atoms with Gasteiger partial charge in [-0.3, -0.25) is 14.3 Å². The molecule has 220 valence electrons. The lowest BCUT2D eigenvalue weighted by atomic mass is 9.81. The summed E-state index contributed by atoms with van der Waals surface area (Å²) in [6.07, 6.45) is 3.70. The number of aromatic amines is 1. The summed E-state index contributed by atoms with van der Waals surface area (Å²) in [5, 5.41) is 14.8. The molecule has 0 bridgehead atoms. The molecule has 0 radical (unpaired) electrons. The average Bonchev–Trinajstić information content (AvgIpc) is 3.30. The van der Waals surface area contributed by atoms with Crippen LogP contribution in [0.4, 0.5) is 5.69 Å². The minimum Gasteiger partial charge on any atom is -0.487 e. The SMILES string of the molecule is CC(C)(N)C(=O)N[C@H](Cc1c[nH]c2ccccc12)C(=O)N1CCC2(CC1)C[C@H](O)c1cc(NS(C)(=O)=O)ccc1O2. The van der Waals surface area contributed by atoms with E-state index in [9.17, 15) is 23.1 Å². The number of H-pyrrole nitrogens is 1. The van der Waals surface area contributed by atoms with Gasteiger partial charge in [-0.25, -0.2) is 8.42 Å². The van der Waals surface area contributed by atoms with E-state index in [1.807, 2.05) is 30.5 Å². The highest BCUT2D eigenvalue weighted by molar-refractivity contribution is 7.92. The van der Waals surface area contributed by atoms with Crippen molar-refractivity contribution in [3.05, 3.63) is 59.8 Å². The summed E-state index contributed by atoms with van der Waals surface area (Å²) in [6, 6.07) is 11.8. The van der Waals surface area contributed by atoms with E-state index in [0.717, 1.165) is 22.7 Å². The quantitative estimate of drug-likeness (QED) is 0.284. The van der Waals surface area contributed by atoms with Crippen LogP contribution in [0.2, 0.25) is 0 Å². The number of nitrogens with two attached hydrogens (primary N) is 1. The molecular formula is C29H37N5O6S. The van der Waals surface area contributed by atoms with Crippen molar-refractivity contribution in [1.82, 2.24) is 15.2 Å². The maximum atomic E-state index is 13.8. The second kappa shape index (κ2) is 10.7. The lowest BCUT2D eigenvalue weighted by Gasteiger charge is -2.46. The molecule has 0 aliphatic carbocycles. The van der Waals surface area contributed by atoms with Gasteiger partial charge >= 0.3 is 0 Å². The van der Waals surface area contributed by atoms with Gasteiger partial charge < -0.3 is 30.8 Å². The van der Waals surface area contributed by atoms with E-state index in [1.54, 1.807) is 36.9 Å². The summed E-state index contributed by atoms with van der Waals surface area (Å²) < 4.78 is 32.0. The first-order chi connectivity index (χ1) is 19.2. The Morgan fingerprint density at radius 3 is 2.61 bits per heavy atom. The third-order valence-corrected chi connectivity index (χ3v) is 8.44. The van der Waals surface area contributed by atoms with Gasteiger partial charge in [0.25, 0.3) is 0 Å². The molecule has 1 spiro atoms. The molecule has 0 saturated carbocycles. The number of hydrogen-bond acceptors (Lipinski definition) is 7. The van der Waals surface area contributed by atoms with Crippen LogP contribution in [0.1, 0.15) is 50.3 Å². The summed E-state index contributed by atoms with van der Waals surface area (Å²) in [6.45, 7) is 3.98. The number of aromatic nitrogens is 1. The summed E-state index contributed by atoms with van der Waals surface area (Å²) in [4.78, 5) is 31.6. The van der Waals surface area contributed by atoms with Gasteiger partial charge in [0.1, 0.15) is 17.4 Å². The first-order valence-corrected chi connectivity index (χ1v) is 15.5. The predicted molar refractivity (Wildman–Crippen MR) is 156 cm³/mol. The summed E-state index contributed by atoms with van der Waals surface area (Å²) in [5.41, 5.74) is 6.97. The maximum absolute atomic E-state index is 13.8. The van der Waals surface area contributed by atoms with Gasteiger partial charge in [0.05, 0.1) is 17.9 Å². The smallest absolute Gasteiger partial charge is 0.245 e. The van der Waals surface area contributed by atoms with Crippen molar-refractivity contribution >= 4 is 38.4 Å². The third-order valence-electron chi connectivity index (χ3n) is 7.84. The Balaban J connectivity index is 1.31. The Hall–Kier alpha value is -3.61.